The highest BCUT2D eigenvalue weighted by Gasteiger charge is 2.31. The first-order valence-electron chi connectivity index (χ1n) is 7.40. The molecule has 0 spiro atoms. The molecule has 1 saturated heterocycles. The van der Waals surface area contributed by atoms with E-state index >= 15 is 0 Å². The quantitative estimate of drug-likeness (QED) is 0.869. The molecule has 2 rings (SSSR count). The van der Waals surface area contributed by atoms with Crippen LogP contribution in [-0.2, 0) is 21.4 Å². The van der Waals surface area contributed by atoms with Crippen molar-refractivity contribution >= 4 is 10.0 Å². The van der Waals surface area contributed by atoms with E-state index in [4.69, 9.17) is 4.74 Å². The van der Waals surface area contributed by atoms with Crippen LogP contribution in [-0.4, -0.2) is 43.6 Å². The Balaban J connectivity index is 2.18. The third-order valence-corrected chi connectivity index (χ3v) is 5.62. The number of aliphatic hydroxyl groups is 1. The Morgan fingerprint density at radius 1 is 1.38 bits per heavy atom. The van der Waals surface area contributed by atoms with Crippen LogP contribution in [0, 0.1) is 0 Å². The Kier molecular flexibility index (Phi) is 5.75. The molecule has 1 N–H and O–H groups in total. The summed E-state index contributed by atoms with van der Waals surface area (Å²) in [6, 6.07) is 6.61. The molecule has 0 amide bonds. The van der Waals surface area contributed by atoms with E-state index in [1.165, 1.54) is 4.31 Å². The zero-order valence-electron chi connectivity index (χ0n) is 12.4. The van der Waals surface area contributed by atoms with Crippen LogP contribution >= 0.6 is 0 Å². The number of rotatable bonds is 6. The first-order valence-corrected chi connectivity index (χ1v) is 8.84. The van der Waals surface area contributed by atoms with Crippen LogP contribution in [0.3, 0.4) is 0 Å². The molecule has 0 saturated carbocycles. The number of piperidine rings is 1. The standard InChI is InChI=1S/C15H23NO4S/c1-2-10-20-14-7-5-9-16(11-14)21(18,19)15-8-4-3-6-13(15)12-17/h3-4,6,8,14,17H,2,5,7,9-12H2,1H3. The molecule has 0 radical (unpaired) electrons. The van der Waals surface area contributed by atoms with Gasteiger partial charge in [-0.1, -0.05) is 25.1 Å². The summed E-state index contributed by atoms with van der Waals surface area (Å²) in [6.07, 6.45) is 2.59. The van der Waals surface area contributed by atoms with Gasteiger partial charge in [-0.2, -0.15) is 4.31 Å². The van der Waals surface area contributed by atoms with E-state index in [0.717, 1.165) is 19.3 Å². The summed E-state index contributed by atoms with van der Waals surface area (Å²) in [5.74, 6) is 0. The molecule has 5 nitrogen and oxygen atoms in total. The average molecular weight is 313 g/mol. The lowest BCUT2D eigenvalue weighted by atomic mass is 10.1. The highest BCUT2D eigenvalue weighted by atomic mass is 32.2. The molecule has 1 fully saturated rings. The Bertz CT molecular complexity index is 559. The van der Waals surface area contributed by atoms with Gasteiger partial charge in [0, 0.05) is 19.7 Å². The van der Waals surface area contributed by atoms with Crippen molar-refractivity contribution in [2.75, 3.05) is 19.7 Å². The van der Waals surface area contributed by atoms with Gasteiger partial charge in [0.15, 0.2) is 0 Å². The molecule has 1 heterocycles. The summed E-state index contributed by atoms with van der Waals surface area (Å²) in [4.78, 5) is 0.198. The predicted molar refractivity (Wildman–Crippen MR) is 80.4 cm³/mol. The van der Waals surface area contributed by atoms with E-state index in [2.05, 4.69) is 0 Å². The van der Waals surface area contributed by atoms with E-state index in [0.29, 0.717) is 25.3 Å². The van der Waals surface area contributed by atoms with Crippen LogP contribution in [0.25, 0.3) is 0 Å². The van der Waals surface area contributed by atoms with Crippen molar-refractivity contribution in [3.63, 3.8) is 0 Å². The lowest BCUT2D eigenvalue weighted by Crippen LogP contribution is -2.43. The largest absolute Gasteiger partial charge is 0.392 e. The fraction of sp³-hybridized carbons (Fsp3) is 0.600. The van der Waals surface area contributed by atoms with Gasteiger partial charge in [0.25, 0.3) is 0 Å². The molecule has 0 aliphatic carbocycles. The molecule has 118 valence electrons. The highest BCUT2D eigenvalue weighted by Crippen LogP contribution is 2.24. The van der Waals surface area contributed by atoms with Gasteiger partial charge in [-0.3, -0.25) is 0 Å². The first kappa shape index (κ1) is 16.4. The summed E-state index contributed by atoms with van der Waals surface area (Å²) in [5, 5.41) is 9.34. The van der Waals surface area contributed by atoms with Crippen molar-refractivity contribution in [1.82, 2.24) is 4.31 Å². The Morgan fingerprint density at radius 2 is 2.14 bits per heavy atom. The van der Waals surface area contributed by atoms with Gasteiger partial charge >= 0.3 is 0 Å². The van der Waals surface area contributed by atoms with Crippen LogP contribution in [0.5, 0.6) is 0 Å². The van der Waals surface area contributed by atoms with E-state index in [1.54, 1.807) is 24.3 Å². The van der Waals surface area contributed by atoms with Gasteiger partial charge in [0.1, 0.15) is 0 Å². The van der Waals surface area contributed by atoms with Gasteiger partial charge in [0.05, 0.1) is 17.6 Å². The average Bonchev–Trinajstić information content (AvgIpc) is 2.53. The second-order valence-electron chi connectivity index (χ2n) is 5.26. The number of nitrogens with zero attached hydrogens (tertiary/aromatic N) is 1. The van der Waals surface area contributed by atoms with Gasteiger partial charge in [-0.15, -0.1) is 0 Å². The van der Waals surface area contributed by atoms with Crippen molar-refractivity contribution in [3.8, 4) is 0 Å². The third kappa shape index (κ3) is 3.83. The molecule has 1 aliphatic rings. The molecule has 1 atom stereocenters. The van der Waals surface area contributed by atoms with Gasteiger partial charge in [-0.25, -0.2) is 8.42 Å². The normalized spacial score (nSPS) is 20.6. The SMILES string of the molecule is CCCOC1CCCN(S(=O)(=O)c2ccccc2CO)C1. The topological polar surface area (TPSA) is 66.8 Å². The van der Waals surface area contributed by atoms with E-state index in [-0.39, 0.29) is 17.6 Å². The predicted octanol–water partition coefficient (Wildman–Crippen LogP) is 1.76. The van der Waals surface area contributed by atoms with E-state index in [9.17, 15) is 13.5 Å². The maximum absolute atomic E-state index is 12.7. The van der Waals surface area contributed by atoms with Crippen molar-refractivity contribution in [3.05, 3.63) is 29.8 Å². The van der Waals surface area contributed by atoms with Crippen LogP contribution in [0.2, 0.25) is 0 Å². The summed E-state index contributed by atoms with van der Waals surface area (Å²) in [5.41, 5.74) is 0.439. The molecule has 21 heavy (non-hydrogen) atoms. The summed E-state index contributed by atoms with van der Waals surface area (Å²) >= 11 is 0. The third-order valence-electron chi connectivity index (χ3n) is 3.66. The second kappa shape index (κ2) is 7.35. The fourth-order valence-corrected chi connectivity index (χ4v) is 4.29. The number of hydrogen-bond acceptors (Lipinski definition) is 4. The molecular weight excluding hydrogens is 290 g/mol. The lowest BCUT2D eigenvalue weighted by molar-refractivity contribution is 0.0193. The molecule has 0 aromatic heterocycles. The van der Waals surface area contributed by atoms with Crippen LogP contribution in [0.1, 0.15) is 31.7 Å². The molecular formula is C15H23NO4S. The number of ether oxygens (including phenoxy) is 1. The zero-order chi connectivity index (χ0) is 15.3. The second-order valence-corrected chi connectivity index (χ2v) is 7.17. The van der Waals surface area contributed by atoms with E-state index in [1.807, 2.05) is 6.92 Å². The Hall–Kier alpha value is -0.950. The van der Waals surface area contributed by atoms with Gasteiger partial charge in [0.2, 0.25) is 10.0 Å². The lowest BCUT2D eigenvalue weighted by Gasteiger charge is -2.32. The molecule has 6 heteroatoms. The van der Waals surface area contributed by atoms with Crippen molar-refractivity contribution in [1.29, 1.82) is 0 Å². The minimum atomic E-state index is -3.57. The monoisotopic (exact) mass is 313 g/mol. The molecule has 1 unspecified atom stereocenters. The maximum atomic E-state index is 12.7. The number of hydrogen-bond donors (Lipinski definition) is 1. The maximum Gasteiger partial charge on any atom is 0.243 e. The Labute approximate surface area is 126 Å². The van der Waals surface area contributed by atoms with Crippen molar-refractivity contribution in [2.24, 2.45) is 0 Å². The summed E-state index contributed by atoms with van der Waals surface area (Å²) in [7, 11) is -3.57. The van der Waals surface area contributed by atoms with Crippen molar-refractivity contribution in [2.45, 2.75) is 43.8 Å². The minimum Gasteiger partial charge on any atom is -0.392 e. The van der Waals surface area contributed by atoms with Crippen LogP contribution in [0.15, 0.2) is 29.2 Å². The molecule has 0 bridgehead atoms. The van der Waals surface area contributed by atoms with Gasteiger partial charge < -0.3 is 9.84 Å². The smallest absolute Gasteiger partial charge is 0.243 e. The summed E-state index contributed by atoms with van der Waals surface area (Å²) in [6.45, 7) is 3.32. The molecule has 1 aromatic carbocycles. The number of benzene rings is 1. The zero-order valence-corrected chi connectivity index (χ0v) is 13.2. The molecule has 1 aliphatic heterocycles. The van der Waals surface area contributed by atoms with E-state index < -0.39 is 10.0 Å². The number of aliphatic hydroxyl groups excluding tert-OH is 1. The highest BCUT2D eigenvalue weighted by molar-refractivity contribution is 7.89. The summed E-state index contributed by atoms with van der Waals surface area (Å²) < 4.78 is 32.7. The van der Waals surface area contributed by atoms with Crippen molar-refractivity contribution < 1.29 is 18.3 Å². The van der Waals surface area contributed by atoms with Crippen LogP contribution < -0.4 is 0 Å². The Morgan fingerprint density at radius 3 is 2.86 bits per heavy atom. The molecule has 1 aromatic rings. The number of sulfonamides is 1. The minimum absolute atomic E-state index is 0.0326. The van der Waals surface area contributed by atoms with Crippen LogP contribution in [0.4, 0.5) is 0 Å². The van der Waals surface area contributed by atoms with Gasteiger partial charge in [-0.05, 0) is 30.9 Å². The fourth-order valence-electron chi connectivity index (χ4n) is 2.57. The first-order chi connectivity index (χ1) is 10.1.